The summed E-state index contributed by atoms with van der Waals surface area (Å²) in [5, 5.41) is 2.12. The van der Waals surface area contributed by atoms with Gasteiger partial charge in [0.2, 0.25) is 0 Å². The molecule has 0 aliphatic rings. The standard InChI is InChI=1S/C13H10N2S.C13H9NS/c14-10-7-4-8-11-12(10)15-13(16-11)9-5-2-1-3-6-9;1-2-6-10(7-3-1)13-14-11-8-4-5-9-12(11)15-13/h1-8H,14H2;1-9H. The molecule has 0 atom stereocenters. The normalized spacial score (nSPS) is 10.7. The maximum absolute atomic E-state index is 5.89. The Kier molecular flexibility index (Phi) is 5.44. The van der Waals surface area contributed by atoms with Crippen LogP contribution in [0.25, 0.3) is 41.6 Å². The zero-order chi connectivity index (χ0) is 21.0. The minimum atomic E-state index is 0.746. The van der Waals surface area contributed by atoms with Gasteiger partial charge in [-0.25, -0.2) is 9.97 Å². The summed E-state index contributed by atoms with van der Waals surface area (Å²) in [6.45, 7) is 0. The molecule has 2 N–H and O–H groups in total. The van der Waals surface area contributed by atoms with E-state index in [9.17, 15) is 0 Å². The number of hydrogen-bond acceptors (Lipinski definition) is 5. The lowest BCUT2D eigenvalue weighted by atomic mass is 10.2. The van der Waals surface area contributed by atoms with E-state index in [-0.39, 0.29) is 0 Å². The van der Waals surface area contributed by atoms with Crippen molar-refractivity contribution in [2.75, 3.05) is 5.73 Å². The summed E-state index contributed by atoms with van der Waals surface area (Å²) in [5.74, 6) is 0. The quantitative estimate of drug-likeness (QED) is 0.285. The van der Waals surface area contributed by atoms with Crippen molar-refractivity contribution in [3.05, 3.63) is 103 Å². The third-order valence-electron chi connectivity index (χ3n) is 4.79. The third-order valence-corrected chi connectivity index (χ3v) is 6.94. The second kappa shape index (κ2) is 8.68. The number of anilines is 1. The van der Waals surface area contributed by atoms with Gasteiger partial charge in [-0.2, -0.15) is 0 Å². The van der Waals surface area contributed by atoms with Crippen LogP contribution < -0.4 is 5.73 Å². The lowest BCUT2D eigenvalue weighted by molar-refractivity contribution is 1.48. The monoisotopic (exact) mass is 437 g/mol. The van der Waals surface area contributed by atoms with Crippen molar-refractivity contribution in [1.29, 1.82) is 0 Å². The molecule has 0 amide bonds. The molecule has 0 fully saturated rings. The van der Waals surface area contributed by atoms with Gasteiger partial charge in [0.25, 0.3) is 0 Å². The van der Waals surface area contributed by atoms with E-state index in [2.05, 4.69) is 58.5 Å². The van der Waals surface area contributed by atoms with Crippen molar-refractivity contribution in [2.45, 2.75) is 0 Å². The molecule has 2 heterocycles. The Morgan fingerprint density at radius 2 is 1.06 bits per heavy atom. The molecule has 0 unspecified atom stereocenters. The second-order valence-electron chi connectivity index (χ2n) is 6.93. The first-order valence-electron chi connectivity index (χ1n) is 9.89. The average molecular weight is 438 g/mol. The highest BCUT2D eigenvalue weighted by Crippen LogP contribution is 2.32. The molecule has 5 heteroatoms. The summed E-state index contributed by atoms with van der Waals surface area (Å²) >= 11 is 3.41. The summed E-state index contributed by atoms with van der Waals surface area (Å²) in [6, 6.07) is 34.6. The van der Waals surface area contributed by atoms with Crippen LogP contribution in [0.1, 0.15) is 0 Å². The Morgan fingerprint density at radius 1 is 0.516 bits per heavy atom. The van der Waals surface area contributed by atoms with E-state index in [1.807, 2.05) is 54.6 Å². The van der Waals surface area contributed by atoms with Crippen molar-refractivity contribution in [1.82, 2.24) is 9.97 Å². The predicted molar refractivity (Wildman–Crippen MR) is 135 cm³/mol. The molecule has 0 radical (unpaired) electrons. The molecule has 6 aromatic rings. The summed E-state index contributed by atoms with van der Waals surface area (Å²) in [4.78, 5) is 9.18. The SMILES string of the molecule is Nc1cccc2sc(-c3ccccc3)nc12.c1ccc(-c2nc3ccccc3s2)cc1. The molecule has 150 valence electrons. The fourth-order valence-corrected chi connectivity index (χ4v) is 5.23. The molecule has 2 aromatic heterocycles. The minimum Gasteiger partial charge on any atom is -0.397 e. The minimum absolute atomic E-state index is 0.746. The highest BCUT2D eigenvalue weighted by atomic mass is 32.1. The Morgan fingerprint density at radius 3 is 1.71 bits per heavy atom. The maximum atomic E-state index is 5.89. The smallest absolute Gasteiger partial charge is 0.124 e. The van der Waals surface area contributed by atoms with E-state index in [0.717, 1.165) is 37.0 Å². The van der Waals surface area contributed by atoms with Crippen LogP contribution in [-0.2, 0) is 0 Å². The van der Waals surface area contributed by atoms with Gasteiger partial charge in [0, 0.05) is 11.1 Å². The van der Waals surface area contributed by atoms with Gasteiger partial charge in [-0.15, -0.1) is 22.7 Å². The first-order chi connectivity index (χ1) is 15.3. The molecule has 31 heavy (non-hydrogen) atoms. The fraction of sp³-hybridized carbons (Fsp3) is 0. The van der Waals surface area contributed by atoms with Gasteiger partial charge in [0.05, 0.1) is 20.6 Å². The zero-order valence-electron chi connectivity index (χ0n) is 16.6. The highest BCUT2D eigenvalue weighted by Gasteiger charge is 2.07. The number of benzene rings is 4. The number of aromatic nitrogens is 2. The molecular weight excluding hydrogens is 418 g/mol. The van der Waals surface area contributed by atoms with E-state index in [0.29, 0.717) is 0 Å². The molecular formula is C26H19N3S2. The second-order valence-corrected chi connectivity index (χ2v) is 8.99. The van der Waals surface area contributed by atoms with Gasteiger partial charge in [-0.05, 0) is 24.3 Å². The number of nitrogens with zero attached hydrogens (tertiary/aromatic N) is 2. The number of fused-ring (bicyclic) bond motifs is 2. The number of thiazole rings is 2. The first kappa shape index (κ1) is 19.4. The Bertz CT molecular complexity index is 1400. The van der Waals surface area contributed by atoms with E-state index in [4.69, 9.17) is 5.73 Å². The maximum Gasteiger partial charge on any atom is 0.124 e. The van der Waals surface area contributed by atoms with Gasteiger partial charge in [0.1, 0.15) is 15.5 Å². The molecule has 0 bridgehead atoms. The highest BCUT2D eigenvalue weighted by molar-refractivity contribution is 7.22. The van der Waals surface area contributed by atoms with E-state index >= 15 is 0 Å². The van der Waals surface area contributed by atoms with Crippen molar-refractivity contribution in [3.63, 3.8) is 0 Å². The van der Waals surface area contributed by atoms with Gasteiger partial charge in [-0.1, -0.05) is 78.9 Å². The molecule has 6 rings (SSSR count). The van der Waals surface area contributed by atoms with E-state index in [1.165, 1.54) is 10.3 Å². The van der Waals surface area contributed by atoms with Crippen LogP contribution in [0.3, 0.4) is 0 Å². The number of nitrogen functional groups attached to an aromatic ring is 1. The summed E-state index contributed by atoms with van der Waals surface area (Å²) in [7, 11) is 0. The molecule has 0 saturated carbocycles. The largest absolute Gasteiger partial charge is 0.397 e. The number of rotatable bonds is 2. The molecule has 0 aliphatic heterocycles. The van der Waals surface area contributed by atoms with Gasteiger partial charge in [0.15, 0.2) is 0 Å². The van der Waals surface area contributed by atoms with Crippen molar-refractivity contribution < 1.29 is 0 Å². The van der Waals surface area contributed by atoms with Crippen molar-refractivity contribution >= 4 is 48.8 Å². The molecule has 0 saturated heterocycles. The summed E-state index contributed by atoms with van der Waals surface area (Å²) in [5.41, 5.74) is 11.0. The van der Waals surface area contributed by atoms with Gasteiger partial charge >= 0.3 is 0 Å². The zero-order valence-corrected chi connectivity index (χ0v) is 18.2. The Labute approximate surface area is 188 Å². The summed E-state index contributed by atoms with van der Waals surface area (Å²) < 4.78 is 2.38. The first-order valence-corrected chi connectivity index (χ1v) is 11.5. The van der Waals surface area contributed by atoms with Gasteiger partial charge < -0.3 is 5.73 Å². The van der Waals surface area contributed by atoms with E-state index < -0.39 is 0 Å². The van der Waals surface area contributed by atoms with Crippen LogP contribution in [0.5, 0.6) is 0 Å². The van der Waals surface area contributed by atoms with Crippen LogP contribution >= 0.6 is 22.7 Å². The lowest BCUT2D eigenvalue weighted by Gasteiger charge is -1.93. The van der Waals surface area contributed by atoms with Crippen molar-refractivity contribution in [3.8, 4) is 21.1 Å². The van der Waals surface area contributed by atoms with Crippen LogP contribution in [0, 0.1) is 0 Å². The van der Waals surface area contributed by atoms with Crippen LogP contribution in [-0.4, -0.2) is 9.97 Å². The lowest BCUT2D eigenvalue weighted by Crippen LogP contribution is -1.85. The van der Waals surface area contributed by atoms with Crippen LogP contribution in [0.4, 0.5) is 5.69 Å². The predicted octanol–water partition coefficient (Wildman–Crippen LogP) is 7.51. The molecule has 3 nitrogen and oxygen atoms in total. The molecule has 0 aliphatic carbocycles. The third kappa shape index (κ3) is 4.19. The van der Waals surface area contributed by atoms with E-state index in [1.54, 1.807) is 22.7 Å². The number of nitrogens with two attached hydrogens (primary N) is 1. The Balaban J connectivity index is 0.000000132. The topological polar surface area (TPSA) is 51.8 Å². The average Bonchev–Trinajstić information content (AvgIpc) is 3.46. The van der Waals surface area contributed by atoms with Gasteiger partial charge in [-0.3, -0.25) is 0 Å². The fourth-order valence-electron chi connectivity index (χ4n) is 3.25. The summed E-state index contributed by atoms with van der Waals surface area (Å²) in [6.07, 6.45) is 0. The number of hydrogen-bond donors (Lipinski definition) is 1. The van der Waals surface area contributed by atoms with Crippen LogP contribution in [0.2, 0.25) is 0 Å². The van der Waals surface area contributed by atoms with Crippen molar-refractivity contribution in [2.24, 2.45) is 0 Å². The van der Waals surface area contributed by atoms with Crippen LogP contribution in [0.15, 0.2) is 103 Å². The molecule has 4 aromatic carbocycles. The number of para-hydroxylation sites is 2. The Hall–Kier alpha value is -3.54. The molecule has 0 spiro atoms.